The number of halogens is 2. The van der Waals surface area contributed by atoms with E-state index < -0.39 is 0 Å². The molecule has 1 saturated heterocycles. The van der Waals surface area contributed by atoms with Gasteiger partial charge in [0.05, 0.1) is 23.8 Å². The van der Waals surface area contributed by atoms with Gasteiger partial charge in [-0.2, -0.15) is 0 Å². The van der Waals surface area contributed by atoms with Crippen molar-refractivity contribution in [3.63, 3.8) is 0 Å². The van der Waals surface area contributed by atoms with Crippen molar-refractivity contribution in [2.45, 2.75) is 13.0 Å². The average molecular weight is 318 g/mol. The Labute approximate surface area is 128 Å². The van der Waals surface area contributed by atoms with Gasteiger partial charge in [-0.1, -0.05) is 23.2 Å². The molecule has 2 rings (SSSR count). The van der Waals surface area contributed by atoms with Gasteiger partial charge in [-0.3, -0.25) is 9.69 Å². The van der Waals surface area contributed by atoms with E-state index in [1.165, 1.54) is 12.3 Å². The van der Waals surface area contributed by atoms with Crippen LogP contribution in [0.5, 0.6) is 0 Å². The number of nitrogens with one attached hydrogen (secondary N) is 1. The zero-order chi connectivity index (χ0) is 14.5. The maximum absolute atomic E-state index is 12.1. The third-order valence-electron chi connectivity index (χ3n) is 3.08. The molecular weight excluding hydrogens is 301 g/mol. The van der Waals surface area contributed by atoms with E-state index in [-0.39, 0.29) is 17.1 Å². The highest BCUT2D eigenvalue weighted by Gasteiger charge is 2.17. The monoisotopic (exact) mass is 317 g/mol. The van der Waals surface area contributed by atoms with Gasteiger partial charge in [-0.05, 0) is 13.0 Å². The van der Waals surface area contributed by atoms with Crippen LogP contribution in [0, 0.1) is 0 Å². The minimum atomic E-state index is -0.236. The van der Waals surface area contributed by atoms with Gasteiger partial charge in [0.25, 0.3) is 5.91 Å². The molecule has 0 aliphatic carbocycles. The molecule has 0 spiro atoms. The first-order valence-corrected chi connectivity index (χ1v) is 7.24. The zero-order valence-corrected chi connectivity index (χ0v) is 12.7. The summed E-state index contributed by atoms with van der Waals surface area (Å²) in [6.45, 7) is 6.01. The standard InChI is InChI=1S/C13H17Cl2N3O2/c1-9(8-18-2-4-20-5-3-18)17-13(19)10-6-12(15)16-7-11(10)14/h6-7,9H,2-5,8H2,1H3,(H,17,19). The average Bonchev–Trinajstić information content (AvgIpc) is 2.42. The number of hydrogen-bond acceptors (Lipinski definition) is 4. The fourth-order valence-electron chi connectivity index (χ4n) is 2.11. The molecule has 1 fully saturated rings. The van der Waals surface area contributed by atoms with Gasteiger partial charge >= 0.3 is 0 Å². The van der Waals surface area contributed by atoms with Crippen LogP contribution in [0.15, 0.2) is 12.3 Å². The Morgan fingerprint density at radius 2 is 2.20 bits per heavy atom. The van der Waals surface area contributed by atoms with Crippen LogP contribution in [0.1, 0.15) is 17.3 Å². The first-order valence-electron chi connectivity index (χ1n) is 6.48. The summed E-state index contributed by atoms with van der Waals surface area (Å²) in [6, 6.07) is 1.49. The molecule has 1 amide bonds. The Kier molecular flexibility index (Phi) is 5.60. The minimum absolute atomic E-state index is 0.0172. The van der Waals surface area contributed by atoms with Crippen LogP contribution in [0.3, 0.4) is 0 Å². The number of amides is 1. The third kappa shape index (κ3) is 4.31. The summed E-state index contributed by atoms with van der Waals surface area (Å²) in [4.78, 5) is 18.2. The molecule has 0 bridgehead atoms. The van der Waals surface area contributed by atoms with Crippen molar-refractivity contribution in [1.82, 2.24) is 15.2 Å². The van der Waals surface area contributed by atoms with Crippen molar-refractivity contribution in [3.8, 4) is 0 Å². The molecule has 5 nitrogen and oxygen atoms in total. The van der Waals surface area contributed by atoms with Gasteiger partial charge < -0.3 is 10.1 Å². The summed E-state index contributed by atoms with van der Waals surface area (Å²) in [7, 11) is 0. The highest BCUT2D eigenvalue weighted by atomic mass is 35.5. The van der Waals surface area contributed by atoms with Gasteiger partial charge in [0.2, 0.25) is 0 Å². The lowest BCUT2D eigenvalue weighted by atomic mass is 10.2. The van der Waals surface area contributed by atoms with E-state index in [1.807, 2.05) is 6.92 Å². The number of ether oxygens (including phenoxy) is 1. The van der Waals surface area contributed by atoms with E-state index >= 15 is 0 Å². The molecule has 110 valence electrons. The van der Waals surface area contributed by atoms with Crippen LogP contribution in [0.25, 0.3) is 0 Å². The predicted molar refractivity (Wildman–Crippen MR) is 78.4 cm³/mol. The largest absolute Gasteiger partial charge is 0.379 e. The molecule has 7 heteroatoms. The molecule has 0 radical (unpaired) electrons. The fraction of sp³-hybridized carbons (Fsp3) is 0.538. The van der Waals surface area contributed by atoms with Crippen LogP contribution in [-0.4, -0.2) is 54.7 Å². The van der Waals surface area contributed by atoms with Crippen LogP contribution in [0.4, 0.5) is 0 Å². The Hall–Kier alpha value is -0.880. The summed E-state index contributed by atoms with van der Waals surface area (Å²) in [5.41, 5.74) is 0.348. The van der Waals surface area contributed by atoms with Crippen molar-refractivity contribution in [3.05, 3.63) is 28.0 Å². The molecule has 0 saturated carbocycles. The summed E-state index contributed by atoms with van der Waals surface area (Å²) in [5, 5.41) is 3.47. The SMILES string of the molecule is CC(CN1CCOCC1)NC(=O)c1cc(Cl)ncc1Cl. The summed E-state index contributed by atoms with van der Waals surface area (Å²) in [6.07, 6.45) is 1.38. The van der Waals surface area contributed by atoms with E-state index in [0.717, 1.165) is 32.8 Å². The fourth-order valence-corrected chi connectivity index (χ4v) is 2.45. The maximum atomic E-state index is 12.1. The number of aromatic nitrogens is 1. The molecule has 1 unspecified atom stereocenters. The van der Waals surface area contributed by atoms with E-state index in [9.17, 15) is 4.79 Å². The van der Waals surface area contributed by atoms with Crippen molar-refractivity contribution in [1.29, 1.82) is 0 Å². The number of carbonyl (C=O) groups is 1. The van der Waals surface area contributed by atoms with Crippen LogP contribution in [0.2, 0.25) is 10.2 Å². The van der Waals surface area contributed by atoms with Crippen molar-refractivity contribution >= 4 is 29.1 Å². The number of carbonyl (C=O) groups excluding carboxylic acids is 1. The molecule has 1 aliphatic heterocycles. The van der Waals surface area contributed by atoms with Crippen molar-refractivity contribution in [2.24, 2.45) is 0 Å². The van der Waals surface area contributed by atoms with E-state index in [2.05, 4.69) is 15.2 Å². The molecule has 1 aromatic heterocycles. The second kappa shape index (κ2) is 7.22. The minimum Gasteiger partial charge on any atom is -0.379 e. The third-order valence-corrected chi connectivity index (χ3v) is 3.59. The zero-order valence-electron chi connectivity index (χ0n) is 11.2. The molecule has 2 heterocycles. The topological polar surface area (TPSA) is 54.5 Å². The van der Waals surface area contributed by atoms with Gasteiger partial charge in [-0.15, -0.1) is 0 Å². The Morgan fingerprint density at radius 1 is 1.50 bits per heavy atom. The predicted octanol–water partition coefficient (Wildman–Crippen LogP) is 1.84. The molecular formula is C13H17Cl2N3O2. The highest BCUT2D eigenvalue weighted by Crippen LogP contribution is 2.18. The molecule has 1 aromatic rings. The number of morpholine rings is 1. The molecule has 20 heavy (non-hydrogen) atoms. The van der Waals surface area contributed by atoms with Crippen molar-refractivity contribution in [2.75, 3.05) is 32.8 Å². The van der Waals surface area contributed by atoms with Gasteiger partial charge in [0.1, 0.15) is 5.15 Å². The first-order chi connectivity index (χ1) is 9.56. The second-order valence-corrected chi connectivity index (χ2v) is 5.57. The summed E-state index contributed by atoms with van der Waals surface area (Å²) < 4.78 is 5.29. The van der Waals surface area contributed by atoms with E-state index in [4.69, 9.17) is 27.9 Å². The van der Waals surface area contributed by atoms with Crippen molar-refractivity contribution < 1.29 is 9.53 Å². The number of pyridine rings is 1. The lowest BCUT2D eigenvalue weighted by molar-refractivity contribution is 0.0342. The summed E-state index contributed by atoms with van der Waals surface area (Å²) in [5.74, 6) is -0.236. The Balaban J connectivity index is 1.91. The normalized spacial score (nSPS) is 17.8. The van der Waals surface area contributed by atoms with E-state index in [1.54, 1.807) is 0 Å². The van der Waals surface area contributed by atoms with Crippen LogP contribution >= 0.6 is 23.2 Å². The molecule has 0 aromatic carbocycles. The Morgan fingerprint density at radius 3 is 2.90 bits per heavy atom. The smallest absolute Gasteiger partial charge is 0.253 e. The van der Waals surface area contributed by atoms with Gasteiger partial charge in [0, 0.05) is 31.9 Å². The molecule has 1 aliphatic rings. The lowest BCUT2D eigenvalue weighted by Crippen LogP contribution is -2.46. The molecule has 1 N–H and O–H groups in total. The van der Waals surface area contributed by atoms with Crippen LogP contribution < -0.4 is 5.32 Å². The number of nitrogens with zero attached hydrogens (tertiary/aromatic N) is 2. The highest BCUT2D eigenvalue weighted by molar-refractivity contribution is 6.35. The number of hydrogen-bond donors (Lipinski definition) is 1. The van der Waals surface area contributed by atoms with Gasteiger partial charge in [-0.25, -0.2) is 4.98 Å². The first kappa shape index (κ1) is 15.5. The molecule has 1 atom stereocenters. The lowest BCUT2D eigenvalue weighted by Gasteiger charge is -2.29. The summed E-state index contributed by atoms with van der Waals surface area (Å²) >= 11 is 11.7. The number of rotatable bonds is 4. The van der Waals surface area contributed by atoms with Gasteiger partial charge in [0.15, 0.2) is 0 Å². The maximum Gasteiger partial charge on any atom is 0.253 e. The second-order valence-electron chi connectivity index (χ2n) is 4.77. The Bertz CT molecular complexity index is 479. The van der Waals surface area contributed by atoms with E-state index in [0.29, 0.717) is 10.6 Å². The van der Waals surface area contributed by atoms with Crippen LogP contribution in [-0.2, 0) is 4.74 Å². The quantitative estimate of drug-likeness (QED) is 0.861.